The first kappa shape index (κ1) is 16.7. The molecule has 3 heteroatoms. The molecular formula is C23H22O3. The summed E-state index contributed by atoms with van der Waals surface area (Å²) in [7, 11) is 0. The maximum atomic E-state index is 9.47. The van der Waals surface area contributed by atoms with Crippen molar-refractivity contribution in [1.29, 1.82) is 0 Å². The molecule has 0 bridgehead atoms. The molecular weight excluding hydrogens is 324 g/mol. The van der Waals surface area contributed by atoms with Crippen molar-refractivity contribution in [3.05, 3.63) is 71.3 Å². The average molecular weight is 346 g/mol. The van der Waals surface area contributed by atoms with E-state index in [-0.39, 0.29) is 13.4 Å². The number of rotatable bonds is 4. The molecule has 1 aliphatic heterocycles. The molecule has 0 saturated heterocycles. The highest BCUT2D eigenvalue weighted by Crippen LogP contribution is 2.49. The Morgan fingerprint density at radius 2 is 1.38 bits per heavy atom. The van der Waals surface area contributed by atoms with E-state index in [0.29, 0.717) is 6.42 Å². The van der Waals surface area contributed by atoms with Crippen LogP contribution in [0.4, 0.5) is 0 Å². The average Bonchev–Trinajstić information content (AvgIpc) is 3.13. The number of ether oxygens (including phenoxy) is 2. The molecule has 1 aliphatic rings. The third-order valence-corrected chi connectivity index (χ3v) is 4.80. The van der Waals surface area contributed by atoms with E-state index in [0.717, 1.165) is 39.3 Å². The molecule has 0 unspecified atom stereocenters. The lowest BCUT2D eigenvalue weighted by molar-refractivity contribution is 0.173. The number of aliphatic hydroxyl groups excluding tert-OH is 1. The molecule has 0 amide bonds. The Bertz CT molecular complexity index is 925. The van der Waals surface area contributed by atoms with E-state index >= 15 is 0 Å². The summed E-state index contributed by atoms with van der Waals surface area (Å²) in [5, 5.41) is 9.47. The van der Waals surface area contributed by atoms with E-state index in [4.69, 9.17) is 9.47 Å². The summed E-state index contributed by atoms with van der Waals surface area (Å²) in [6.45, 7) is 4.46. The van der Waals surface area contributed by atoms with Gasteiger partial charge in [0.05, 0.1) is 0 Å². The summed E-state index contributed by atoms with van der Waals surface area (Å²) < 4.78 is 11.6. The van der Waals surface area contributed by atoms with Gasteiger partial charge in [-0.1, -0.05) is 59.7 Å². The predicted octanol–water partition coefficient (Wildman–Crippen LogP) is 4.90. The fourth-order valence-electron chi connectivity index (χ4n) is 3.41. The minimum absolute atomic E-state index is 0.0764. The number of hydrogen-bond donors (Lipinski definition) is 1. The third-order valence-electron chi connectivity index (χ3n) is 4.80. The predicted molar refractivity (Wildman–Crippen MR) is 104 cm³/mol. The topological polar surface area (TPSA) is 38.7 Å². The first-order valence-corrected chi connectivity index (χ1v) is 8.88. The van der Waals surface area contributed by atoms with Crippen molar-refractivity contribution in [3.63, 3.8) is 0 Å². The molecule has 0 atom stereocenters. The van der Waals surface area contributed by atoms with E-state index in [9.17, 15) is 5.11 Å². The Morgan fingerprint density at radius 3 is 2.00 bits per heavy atom. The highest BCUT2D eigenvalue weighted by molar-refractivity contribution is 5.91. The molecule has 4 rings (SSSR count). The Hall–Kier alpha value is -2.78. The van der Waals surface area contributed by atoms with Crippen molar-refractivity contribution in [3.8, 4) is 33.8 Å². The summed E-state index contributed by atoms with van der Waals surface area (Å²) in [5.74, 6) is 1.53. The van der Waals surface area contributed by atoms with Crippen molar-refractivity contribution >= 4 is 0 Å². The Morgan fingerprint density at radius 1 is 0.808 bits per heavy atom. The Kier molecular flexibility index (Phi) is 4.39. The minimum Gasteiger partial charge on any atom is -0.453 e. The van der Waals surface area contributed by atoms with E-state index < -0.39 is 0 Å². The van der Waals surface area contributed by atoms with Crippen LogP contribution >= 0.6 is 0 Å². The second-order valence-electron chi connectivity index (χ2n) is 6.73. The van der Waals surface area contributed by atoms with E-state index in [1.54, 1.807) is 0 Å². The van der Waals surface area contributed by atoms with E-state index in [2.05, 4.69) is 68.4 Å². The van der Waals surface area contributed by atoms with Gasteiger partial charge in [-0.05, 0) is 43.0 Å². The van der Waals surface area contributed by atoms with Gasteiger partial charge in [-0.25, -0.2) is 0 Å². The molecule has 132 valence electrons. The third kappa shape index (κ3) is 2.95. The molecule has 0 radical (unpaired) electrons. The molecule has 0 saturated carbocycles. The second kappa shape index (κ2) is 6.85. The molecule has 0 spiro atoms. The van der Waals surface area contributed by atoms with E-state index in [1.165, 1.54) is 11.1 Å². The largest absolute Gasteiger partial charge is 0.453 e. The normalized spacial score (nSPS) is 12.4. The van der Waals surface area contributed by atoms with Crippen LogP contribution in [0, 0.1) is 13.8 Å². The Balaban J connectivity index is 1.99. The second-order valence-corrected chi connectivity index (χ2v) is 6.73. The van der Waals surface area contributed by atoms with E-state index in [1.807, 2.05) is 0 Å². The summed E-state index contributed by atoms with van der Waals surface area (Å²) in [5.41, 5.74) is 7.79. The molecule has 26 heavy (non-hydrogen) atoms. The molecule has 0 aliphatic carbocycles. The molecule has 0 fully saturated rings. The van der Waals surface area contributed by atoms with Crippen molar-refractivity contribution in [1.82, 2.24) is 0 Å². The van der Waals surface area contributed by atoms with Crippen LogP contribution in [0.2, 0.25) is 0 Å². The highest BCUT2D eigenvalue weighted by Gasteiger charge is 2.26. The zero-order valence-electron chi connectivity index (χ0n) is 15.1. The van der Waals surface area contributed by atoms with Gasteiger partial charge in [0.15, 0.2) is 11.5 Å². The van der Waals surface area contributed by atoms with Gasteiger partial charge in [0.2, 0.25) is 6.79 Å². The summed E-state index contributed by atoms with van der Waals surface area (Å²) in [6, 6.07) is 19.1. The zero-order chi connectivity index (χ0) is 18.1. The summed E-state index contributed by atoms with van der Waals surface area (Å²) >= 11 is 0. The monoisotopic (exact) mass is 346 g/mol. The molecule has 1 N–H and O–H groups in total. The molecule has 0 aromatic heterocycles. The van der Waals surface area contributed by atoms with Crippen LogP contribution in [-0.4, -0.2) is 18.5 Å². The molecule has 1 heterocycles. The summed E-state index contributed by atoms with van der Waals surface area (Å²) in [6.07, 6.45) is 0.540. The molecule has 3 nitrogen and oxygen atoms in total. The zero-order valence-corrected chi connectivity index (χ0v) is 15.1. The maximum absolute atomic E-state index is 9.47. The van der Waals surface area contributed by atoms with Gasteiger partial charge in [0.25, 0.3) is 0 Å². The quantitative estimate of drug-likeness (QED) is 0.730. The van der Waals surface area contributed by atoms with Crippen molar-refractivity contribution in [2.75, 3.05) is 13.4 Å². The van der Waals surface area contributed by atoms with Crippen LogP contribution < -0.4 is 9.47 Å². The number of benzene rings is 3. The van der Waals surface area contributed by atoms with Crippen molar-refractivity contribution < 1.29 is 14.6 Å². The van der Waals surface area contributed by atoms with Crippen LogP contribution in [0.3, 0.4) is 0 Å². The standard InChI is InChI=1S/C23H22O3/c1-15-3-7-17(8-4-15)20-13-19(11-12-24)22-23(26-14-25-22)21(20)18-9-5-16(2)6-10-18/h3-10,13,24H,11-12,14H2,1-2H3. The highest BCUT2D eigenvalue weighted by atomic mass is 16.7. The van der Waals surface area contributed by atoms with Crippen LogP contribution in [-0.2, 0) is 6.42 Å². The van der Waals surface area contributed by atoms with Crippen LogP contribution in [0.15, 0.2) is 54.6 Å². The number of hydrogen-bond acceptors (Lipinski definition) is 3. The van der Waals surface area contributed by atoms with Gasteiger partial charge >= 0.3 is 0 Å². The van der Waals surface area contributed by atoms with Gasteiger partial charge in [0.1, 0.15) is 0 Å². The Labute approximate surface area is 153 Å². The van der Waals surface area contributed by atoms with Crippen molar-refractivity contribution in [2.45, 2.75) is 20.3 Å². The molecule has 3 aromatic rings. The smallest absolute Gasteiger partial charge is 0.231 e. The van der Waals surface area contributed by atoms with Gasteiger partial charge < -0.3 is 14.6 Å². The first-order valence-electron chi connectivity index (χ1n) is 8.88. The van der Waals surface area contributed by atoms with Gasteiger partial charge in [-0.3, -0.25) is 0 Å². The summed E-state index contributed by atoms with van der Waals surface area (Å²) in [4.78, 5) is 0. The number of aryl methyl sites for hydroxylation is 2. The minimum atomic E-state index is 0.0764. The SMILES string of the molecule is Cc1ccc(-c2cc(CCO)c3c(c2-c2ccc(C)cc2)OCO3)cc1. The van der Waals surface area contributed by atoms with Gasteiger partial charge in [-0.2, -0.15) is 0 Å². The van der Waals surface area contributed by atoms with Crippen LogP contribution in [0.5, 0.6) is 11.5 Å². The van der Waals surface area contributed by atoms with Gasteiger partial charge in [-0.15, -0.1) is 0 Å². The fourth-order valence-corrected chi connectivity index (χ4v) is 3.41. The van der Waals surface area contributed by atoms with Crippen molar-refractivity contribution in [2.24, 2.45) is 0 Å². The fraction of sp³-hybridized carbons (Fsp3) is 0.217. The molecule has 3 aromatic carbocycles. The first-order chi connectivity index (χ1) is 12.7. The lowest BCUT2D eigenvalue weighted by Crippen LogP contribution is -1.97. The lowest BCUT2D eigenvalue weighted by atomic mass is 9.90. The van der Waals surface area contributed by atoms with Gasteiger partial charge in [0, 0.05) is 17.7 Å². The number of aliphatic hydroxyl groups is 1. The number of fused-ring (bicyclic) bond motifs is 1. The lowest BCUT2D eigenvalue weighted by Gasteiger charge is -2.16. The van der Waals surface area contributed by atoms with Crippen LogP contribution in [0.1, 0.15) is 16.7 Å². The maximum Gasteiger partial charge on any atom is 0.231 e. The van der Waals surface area contributed by atoms with Crippen LogP contribution in [0.25, 0.3) is 22.3 Å².